The standard InChI is InChI=1S/C18H21N5O6/c19-21-20-4-1-5-22-6-7-23(17(25)16(22)24)10-13(18(26)27)8-12-2-3-14-15(9-12)29-11-28-14/h2-3,9,13H,1,4-8,10-11H2,(H,26,27). The predicted molar refractivity (Wildman–Crippen MR) is 99.2 cm³/mol. The van der Waals surface area contributed by atoms with Crippen molar-refractivity contribution in [2.75, 3.05) is 39.5 Å². The number of carboxylic acid groups (broad SMARTS) is 1. The number of rotatable bonds is 9. The molecule has 11 nitrogen and oxygen atoms in total. The summed E-state index contributed by atoms with van der Waals surface area (Å²) in [4.78, 5) is 41.8. The summed E-state index contributed by atoms with van der Waals surface area (Å²) in [6.07, 6.45) is 0.658. The second-order valence-electron chi connectivity index (χ2n) is 6.78. The largest absolute Gasteiger partial charge is 0.481 e. The Morgan fingerprint density at radius 2 is 1.93 bits per heavy atom. The van der Waals surface area contributed by atoms with Crippen molar-refractivity contribution in [1.82, 2.24) is 9.80 Å². The van der Waals surface area contributed by atoms with Gasteiger partial charge in [0.25, 0.3) is 0 Å². The number of nitrogens with zero attached hydrogens (tertiary/aromatic N) is 5. The third kappa shape index (κ3) is 4.88. The lowest BCUT2D eigenvalue weighted by atomic mass is 9.98. The van der Waals surface area contributed by atoms with Gasteiger partial charge in [-0.1, -0.05) is 11.2 Å². The normalized spacial score (nSPS) is 16.6. The molecule has 0 bridgehead atoms. The van der Waals surface area contributed by atoms with E-state index in [0.717, 1.165) is 5.56 Å². The Morgan fingerprint density at radius 1 is 1.21 bits per heavy atom. The predicted octanol–water partition coefficient (Wildman–Crippen LogP) is 1.03. The Labute approximate surface area is 166 Å². The Kier molecular flexibility index (Phi) is 6.40. The van der Waals surface area contributed by atoms with Crippen LogP contribution in [0.15, 0.2) is 23.3 Å². The maximum atomic E-state index is 12.4. The number of fused-ring (bicyclic) bond motifs is 1. The van der Waals surface area contributed by atoms with Gasteiger partial charge in [0.05, 0.1) is 5.92 Å². The SMILES string of the molecule is [N-]=[N+]=NCCCN1CCN(CC(Cc2ccc3c(c2)OCO3)C(=O)O)C(=O)C1=O. The van der Waals surface area contributed by atoms with Gasteiger partial charge in [-0.3, -0.25) is 14.4 Å². The lowest BCUT2D eigenvalue weighted by Gasteiger charge is -2.35. The number of aliphatic carboxylic acids is 1. The summed E-state index contributed by atoms with van der Waals surface area (Å²) in [5, 5.41) is 13.0. The van der Waals surface area contributed by atoms with Gasteiger partial charge in [0, 0.05) is 37.6 Å². The van der Waals surface area contributed by atoms with E-state index < -0.39 is 23.7 Å². The topological polar surface area (TPSA) is 145 Å². The fraction of sp³-hybridized carbons (Fsp3) is 0.500. The van der Waals surface area contributed by atoms with E-state index in [1.807, 2.05) is 0 Å². The molecule has 2 aliphatic heterocycles. The number of carbonyl (C=O) groups is 3. The Bertz CT molecular complexity index is 853. The molecule has 1 aromatic carbocycles. The summed E-state index contributed by atoms with van der Waals surface area (Å²) in [6, 6.07) is 5.21. The first kappa shape index (κ1) is 20.3. The Balaban J connectivity index is 1.59. The molecular weight excluding hydrogens is 382 g/mol. The molecule has 0 aliphatic carbocycles. The van der Waals surface area contributed by atoms with E-state index in [4.69, 9.17) is 15.0 Å². The first-order valence-corrected chi connectivity index (χ1v) is 9.20. The fourth-order valence-electron chi connectivity index (χ4n) is 3.33. The van der Waals surface area contributed by atoms with Gasteiger partial charge < -0.3 is 24.4 Å². The van der Waals surface area contributed by atoms with Crippen molar-refractivity contribution in [1.29, 1.82) is 0 Å². The fourth-order valence-corrected chi connectivity index (χ4v) is 3.33. The molecule has 1 atom stereocenters. The summed E-state index contributed by atoms with van der Waals surface area (Å²) < 4.78 is 10.6. The summed E-state index contributed by atoms with van der Waals surface area (Å²) in [5.74, 6) is -2.10. The van der Waals surface area contributed by atoms with Crippen LogP contribution in [-0.4, -0.2) is 72.2 Å². The highest BCUT2D eigenvalue weighted by Crippen LogP contribution is 2.33. The molecule has 1 N–H and O–H groups in total. The molecule has 0 radical (unpaired) electrons. The summed E-state index contributed by atoms with van der Waals surface area (Å²) in [6.45, 7) is 1.21. The van der Waals surface area contributed by atoms with Crippen molar-refractivity contribution < 1.29 is 29.0 Å². The average molecular weight is 403 g/mol. The van der Waals surface area contributed by atoms with Crippen LogP contribution in [0.2, 0.25) is 0 Å². The molecule has 1 unspecified atom stereocenters. The van der Waals surface area contributed by atoms with E-state index in [0.29, 0.717) is 31.0 Å². The van der Waals surface area contributed by atoms with Crippen LogP contribution in [0.1, 0.15) is 12.0 Å². The molecule has 1 saturated heterocycles. The van der Waals surface area contributed by atoms with Crippen LogP contribution >= 0.6 is 0 Å². The van der Waals surface area contributed by atoms with E-state index >= 15 is 0 Å². The molecule has 1 fully saturated rings. The zero-order chi connectivity index (χ0) is 20.8. The van der Waals surface area contributed by atoms with Gasteiger partial charge in [-0.05, 0) is 36.1 Å². The van der Waals surface area contributed by atoms with Crippen molar-refractivity contribution in [2.24, 2.45) is 11.0 Å². The molecule has 0 aromatic heterocycles. The van der Waals surface area contributed by atoms with Crippen molar-refractivity contribution in [2.45, 2.75) is 12.8 Å². The monoisotopic (exact) mass is 403 g/mol. The molecule has 3 rings (SSSR count). The molecule has 154 valence electrons. The first-order chi connectivity index (χ1) is 14.0. The van der Waals surface area contributed by atoms with Crippen molar-refractivity contribution in [3.05, 3.63) is 34.2 Å². The Morgan fingerprint density at radius 3 is 2.69 bits per heavy atom. The number of azide groups is 1. The second kappa shape index (κ2) is 9.16. The highest BCUT2D eigenvalue weighted by molar-refractivity contribution is 6.35. The number of ether oxygens (including phenoxy) is 2. The number of carbonyl (C=O) groups excluding carboxylic acids is 2. The zero-order valence-electron chi connectivity index (χ0n) is 15.7. The number of amides is 2. The van der Waals surface area contributed by atoms with Gasteiger partial charge in [0.2, 0.25) is 6.79 Å². The molecule has 1 aromatic rings. The number of piperazine rings is 1. The number of hydrogen-bond donors (Lipinski definition) is 1. The second-order valence-corrected chi connectivity index (χ2v) is 6.78. The highest BCUT2D eigenvalue weighted by atomic mass is 16.7. The van der Waals surface area contributed by atoms with Crippen LogP contribution in [0, 0.1) is 5.92 Å². The average Bonchev–Trinajstić information content (AvgIpc) is 3.17. The van der Waals surface area contributed by atoms with Crippen LogP contribution in [0.3, 0.4) is 0 Å². The van der Waals surface area contributed by atoms with Gasteiger partial charge in [-0.2, -0.15) is 0 Å². The highest BCUT2D eigenvalue weighted by Gasteiger charge is 2.34. The molecule has 0 saturated carbocycles. The molecule has 11 heteroatoms. The zero-order valence-corrected chi connectivity index (χ0v) is 15.7. The van der Waals surface area contributed by atoms with Crippen LogP contribution in [0.25, 0.3) is 10.4 Å². The van der Waals surface area contributed by atoms with E-state index in [2.05, 4.69) is 10.0 Å². The van der Waals surface area contributed by atoms with Crippen molar-refractivity contribution in [3.8, 4) is 11.5 Å². The third-order valence-corrected chi connectivity index (χ3v) is 4.86. The van der Waals surface area contributed by atoms with E-state index in [1.54, 1.807) is 18.2 Å². The molecule has 0 spiro atoms. The van der Waals surface area contributed by atoms with Gasteiger partial charge in [0.15, 0.2) is 11.5 Å². The number of carboxylic acids is 1. The van der Waals surface area contributed by atoms with Gasteiger partial charge in [-0.25, -0.2) is 0 Å². The maximum Gasteiger partial charge on any atom is 0.312 e. The van der Waals surface area contributed by atoms with Crippen LogP contribution in [-0.2, 0) is 20.8 Å². The molecular formula is C18H21N5O6. The molecule has 2 heterocycles. The minimum absolute atomic E-state index is 0.0546. The van der Waals surface area contributed by atoms with Crippen LogP contribution in [0.5, 0.6) is 11.5 Å². The minimum atomic E-state index is -1.04. The van der Waals surface area contributed by atoms with Gasteiger partial charge in [0.1, 0.15) is 0 Å². The summed E-state index contributed by atoms with van der Waals surface area (Å²) >= 11 is 0. The molecule has 2 aliphatic rings. The number of hydrogen-bond acceptors (Lipinski definition) is 6. The quantitative estimate of drug-likeness (QED) is 0.214. The maximum absolute atomic E-state index is 12.4. The first-order valence-electron chi connectivity index (χ1n) is 9.20. The Hall–Kier alpha value is -3.46. The molecule has 2 amide bonds. The summed E-state index contributed by atoms with van der Waals surface area (Å²) in [5.41, 5.74) is 9.02. The van der Waals surface area contributed by atoms with Gasteiger partial charge >= 0.3 is 17.8 Å². The summed E-state index contributed by atoms with van der Waals surface area (Å²) in [7, 11) is 0. The number of benzene rings is 1. The third-order valence-electron chi connectivity index (χ3n) is 4.86. The minimum Gasteiger partial charge on any atom is -0.481 e. The van der Waals surface area contributed by atoms with Crippen LogP contribution < -0.4 is 9.47 Å². The van der Waals surface area contributed by atoms with E-state index in [-0.39, 0.29) is 32.8 Å². The van der Waals surface area contributed by atoms with E-state index in [9.17, 15) is 19.5 Å². The van der Waals surface area contributed by atoms with E-state index in [1.165, 1.54) is 9.80 Å². The van der Waals surface area contributed by atoms with Crippen molar-refractivity contribution in [3.63, 3.8) is 0 Å². The molecule has 29 heavy (non-hydrogen) atoms. The van der Waals surface area contributed by atoms with Crippen LogP contribution in [0.4, 0.5) is 0 Å². The lowest BCUT2D eigenvalue weighted by molar-refractivity contribution is -0.157. The van der Waals surface area contributed by atoms with Gasteiger partial charge in [-0.15, -0.1) is 0 Å². The van der Waals surface area contributed by atoms with Crippen molar-refractivity contribution >= 4 is 17.8 Å². The smallest absolute Gasteiger partial charge is 0.312 e. The lowest BCUT2D eigenvalue weighted by Crippen LogP contribution is -2.56.